The zero-order valence-corrected chi connectivity index (χ0v) is 7.77. The van der Waals surface area contributed by atoms with E-state index >= 15 is 0 Å². The van der Waals surface area contributed by atoms with Crippen molar-refractivity contribution in [3.05, 3.63) is 35.9 Å². The molecule has 0 fully saturated rings. The van der Waals surface area contributed by atoms with Crippen molar-refractivity contribution >= 4 is 22.4 Å². The molecule has 0 heterocycles. The molecule has 2 aromatic carbocycles. The van der Waals surface area contributed by atoms with Gasteiger partial charge in [0.1, 0.15) is 5.75 Å². The Morgan fingerprint density at radius 3 is 2.67 bits per heavy atom. The number of hydrogen-bond donors (Lipinski definition) is 3. The van der Waals surface area contributed by atoms with Gasteiger partial charge in [0, 0.05) is 11.1 Å². The molecule has 0 aromatic heterocycles. The van der Waals surface area contributed by atoms with Crippen molar-refractivity contribution in [2.24, 2.45) is 0 Å². The van der Waals surface area contributed by atoms with E-state index in [0.29, 0.717) is 5.39 Å². The molecule has 0 saturated heterocycles. The molecule has 2 aromatic rings. The van der Waals surface area contributed by atoms with Crippen molar-refractivity contribution in [1.82, 2.24) is 0 Å². The number of aromatic carboxylic acids is 1. The molecule has 0 radical (unpaired) electrons. The maximum Gasteiger partial charge on any atom is 0.337 e. The first-order chi connectivity index (χ1) is 7.09. The zero-order chi connectivity index (χ0) is 11.0. The topological polar surface area (TPSA) is 83.5 Å². The Balaban J connectivity index is 2.83. The van der Waals surface area contributed by atoms with Gasteiger partial charge in [-0.15, -0.1) is 0 Å². The first kappa shape index (κ1) is 9.33. The highest BCUT2D eigenvalue weighted by molar-refractivity contribution is 6.01. The summed E-state index contributed by atoms with van der Waals surface area (Å²) in [6.07, 6.45) is 0. The minimum Gasteiger partial charge on any atom is -0.507 e. The lowest BCUT2D eigenvalue weighted by molar-refractivity contribution is 0.0698. The highest BCUT2D eigenvalue weighted by Crippen LogP contribution is 2.28. The summed E-state index contributed by atoms with van der Waals surface area (Å²) < 4.78 is 0. The summed E-state index contributed by atoms with van der Waals surface area (Å²) in [5, 5.41) is 19.6. The Bertz CT molecular complexity index is 549. The predicted molar refractivity (Wildman–Crippen MR) is 57.0 cm³/mol. The zero-order valence-electron chi connectivity index (χ0n) is 7.77. The molecule has 15 heavy (non-hydrogen) atoms. The fourth-order valence-electron chi connectivity index (χ4n) is 1.51. The number of rotatable bonds is 1. The summed E-state index contributed by atoms with van der Waals surface area (Å²) in [6.45, 7) is 0. The van der Waals surface area contributed by atoms with Gasteiger partial charge in [0.05, 0.1) is 5.56 Å². The van der Waals surface area contributed by atoms with Crippen LogP contribution in [0.2, 0.25) is 0 Å². The van der Waals surface area contributed by atoms with E-state index in [-0.39, 0.29) is 17.0 Å². The summed E-state index contributed by atoms with van der Waals surface area (Å²) in [6, 6.07) is 7.86. The van der Waals surface area contributed by atoms with Gasteiger partial charge in [0.25, 0.3) is 0 Å². The number of phenols is 1. The molecule has 0 bridgehead atoms. The van der Waals surface area contributed by atoms with Gasteiger partial charge in [0.15, 0.2) is 0 Å². The lowest BCUT2D eigenvalue weighted by Crippen LogP contribution is -2.01. The van der Waals surface area contributed by atoms with E-state index in [9.17, 15) is 9.90 Å². The van der Waals surface area contributed by atoms with Crippen molar-refractivity contribution in [1.29, 1.82) is 0 Å². The first-order valence-corrected chi connectivity index (χ1v) is 4.34. The minimum absolute atomic E-state index is 0.00370. The van der Waals surface area contributed by atoms with Gasteiger partial charge in [-0.05, 0) is 23.6 Å². The van der Waals surface area contributed by atoms with E-state index in [2.05, 4.69) is 0 Å². The number of hydrogen-bond acceptors (Lipinski definition) is 3. The third-order valence-corrected chi connectivity index (χ3v) is 2.26. The molecule has 0 amide bonds. The Morgan fingerprint density at radius 2 is 2.00 bits per heavy atom. The van der Waals surface area contributed by atoms with Gasteiger partial charge in [-0.1, -0.05) is 12.1 Å². The molecule has 4 nitrogen and oxygen atoms in total. The van der Waals surface area contributed by atoms with Crippen LogP contribution in [0.3, 0.4) is 0 Å². The highest BCUT2D eigenvalue weighted by Gasteiger charge is 2.10. The number of phenolic OH excluding ortho intramolecular Hbond substituents is 1. The molecule has 0 aliphatic carbocycles. The van der Waals surface area contributed by atoms with Crippen molar-refractivity contribution in [2.45, 2.75) is 0 Å². The van der Waals surface area contributed by atoms with Gasteiger partial charge in [0.2, 0.25) is 0 Å². The highest BCUT2D eigenvalue weighted by atomic mass is 16.4. The summed E-state index contributed by atoms with van der Waals surface area (Å²) in [5.41, 5.74) is 5.77. The normalized spacial score (nSPS) is 10.4. The van der Waals surface area contributed by atoms with Crippen LogP contribution in [0, 0.1) is 0 Å². The van der Waals surface area contributed by atoms with Crippen LogP contribution < -0.4 is 5.73 Å². The third kappa shape index (κ3) is 1.46. The summed E-state index contributed by atoms with van der Waals surface area (Å²) in [4.78, 5) is 10.8. The summed E-state index contributed by atoms with van der Waals surface area (Å²) in [5.74, 6) is -1.05. The molecule has 4 heteroatoms. The van der Waals surface area contributed by atoms with E-state index < -0.39 is 5.97 Å². The van der Waals surface area contributed by atoms with Gasteiger partial charge >= 0.3 is 5.97 Å². The number of carboxylic acids is 1. The van der Waals surface area contributed by atoms with Crippen LogP contribution in [0.4, 0.5) is 5.69 Å². The number of fused-ring (bicyclic) bond motifs is 1. The van der Waals surface area contributed by atoms with E-state index in [1.807, 2.05) is 0 Å². The van der Waals surface area contributed by atoms with Crippen LogP contribution in [0.1, 0.15) is 10.4 Å². The maximum absolute atomic E-state index is 10.8. The first-order valence-electron chi connectivity index (χ1n) is 4.34. The standard InChI is InChI=1S/C11H9NO3/c12-9-4-6-2-1-3-10(13)7(6)5-8(9)11(14)15/h1-5,13H,12H2,(H,14,15). The number of carboxylic acid groups (broad SMARTS) is 1. The largest absolute Gasteiger partial charge is 0.507 e. The Labute approximate surface area is 85.6 Å². The molecule has 0 atom stereocenters. The second-order valence-corrected chi connectivity index (χ2v) is 3.24. The fourth-order valence-corrected chi connectivity index (χ4v) is 1.51. The smallest absolute Gasteiger partial charge is 0.337 e. The number of nitrogens with two attached hydrogens (primary N) is 1. The molecule has 2 rings (SSSR count). The van der Waals surface area contributed by atoms with Crippen LogP contribution in [-0.4, -0.2) is 16.2 Å². The van der Waals surface area contributed by atoms with Crippen LogP contribution in [0.5, 0.6) is 5.75 Å². The molecule has 4 N–H and O–H groups in total. The Hall–Kier alpha value is -2.23. The Morgan fingerprint density at radius 1 is 1.27 bits per heavy atom. The molecule has 0 spiro atoms. The Kier molecular flexibility index (Phi) is 1.97. The van der Waals surface area contributed by atoms with E-state index in [1.54, 1.807) is 18.2 Å². The SMILES string of the molecule is Nc1cc2cccc(O)c2cc1C(=O)O. The van der Waals surface area contributed by atoms with Crippen molar-refractivity contribution in [3.63, 3.8) is 0 Å². The molecular weight excluding hydrogens is 194 g/mol. The van der Waals surface area contributed by atoms with E-state index in [4.69, 9.17) is 10.8 Å². The van der Waals surface area contributed by atoms with Gasteiger partial charge in [-0.2, -0.15) is 0 Å². The third-order valence-electron chi connectivity index (χ3n) is 2.26. The lowest BCUT2D eigenvalue weighted by Gasteiger charge is -2.05. The minimum atomic E-state index is -1.10. The maximum atomic E-state index is 10.8. The van der Waals surface area contributed by atoms with Gasteiger partial charge in [-0.25, -0.2) is 4.79 Å². The van der Waals surface area contributed by atoms with E-state index in [1.165, 1.54) is 12.1 Å². The summed E-state index contributed by atoms with van der Waals surface area (Å²) >= 11 is 0. The number of nitrogen functional groups attached to an aromatic ring is 1. The molecular formula is C11H9NO3. The number of carbonyl (C=O) groups is 1. The van der Waals surface area contributed by atoms with Crippen LogP contribution >= 0.6 is 0 Å². The second-order valence-electron chi connectivity index (χ2n) is 3.24. The van der Waals surface area contributed by atoms with Crippen LogP contribution in [0.15, 0.2) is 30.3 Å². The average Bonchev–Trinajstić information content (AvgIpc) is 2.16. The van der Waals surface area contributed by atoms with Crippen LogP contribution in [0.25, 0.3) is 10.8 Å². The van der Waals surface area contributed by atoms with Crippen LogP contribution in [-0.2, 0) is 0 Å². The molecule has 76 valence electrons. The fraction of sp³-hybridized carbons (Fsp3) is 0. The quantitative estimate of drug-likeness (QED) is 0.617. The molecule has 0 aliphatic heterocycles. The average molecular weight is 203 g/mol. The summed E-state index contributed by atoms with van der Waals surface area (Å²) in [7, 11) is 0. The molecule has 0 unspecified atom stereocenters. The number of aromatic hydroxyl groups is 1. The number of benzene rings is 2. The lowest BCUT2D eigenvalue weighted by atomic mass is 10.0. The molecule has 0 saturated carbocycles. The predicted octanol–water partition coefficient (Wildman–Crippen LogP) is 1.83. The van der Waals surface area contributed by atoms with Crippen molar-refractivity contribution in [2.75, 3.05) is 5.73 Å². The van der Waals surface area contributed by atoms with Crippen molar-refractivity contribution in [3.8, 4) is 5.75 Å². The van der Waals surface area contributed by atoms with Gasteiger partial charge < -0.3 is 15.9 Å². The second kappa shape index (κ2) is 3.16. The van der Waals surface area contributed by atoms with Crippen molar-refractivity contribution < 1.29 is 15.0 Å². The monoisotopic (exact) mass is 203 g/mol. The number of anilines is 1. The van der Waals surface area contributed by atoms with Gasteiger partial charge in [-0.3, -0.25) is 0 Å². The van der Waals surface area contributed by atoms with E-state index in [0.717, 1.165) is 5.39 Å². The molecule has 0 aliphatic rings.